The van der Waals surface area contributed by atoms with Crippen LogP contribution in [0.15, 0.2) is 29.8 Å². The summed E-state index contributed by atoms with van der Waals surface area (Å²) >= 11 is 1.58. The molecule has 1 fully saturated rings. The molecule has 2 heterocycles. The molecule has 3 amide bonds. The highest BCUT2D eigenvalue weighted by atomic mass is 32.1. The molecule has 3 rings (SSSR count). The Bertz CT molecular complexity index is 1340. The zero-order chi connectivity index (χ0) is 37.8. The summed E-state index contributed by atoms with van der Waals surface area (Å²) in [4.78, 5) is 46.7. The van der Waals surface area contributed by atoms with Crippen molar-refractivity contribution in [3.8, 4) is 10.4 Å². The molecule has 0 bridgehead atoms. The van der Waals surface area contributed by atoms with Crippen LogP contribution in [0.5, 0.6) is 0 Å². The number of likely N-dealkylation sites (tertiary alicyclic amines) is 1. The third-order valence-corrected chi connectivity index (χ3v) is 9.13. The Kier molecular flexibility index (Phi) is 19.7. The predicted octanol–water partition coefficient (Wildman–Crippen LogP) is 2.74. The Morgan fingerprint density at radius 2 is 1.42 bits per heavy atom. The van der Waals surface area contributed by atoms with E-state index in [0.717, 1.165) is 34.7 Å². The zero-order valence-corrected chi connectivity index (χ0v) is 32.2. The summed E-state index contributed by atoms with van der Waals surface area (Å²) in [5.74, 6) is -1.26. The fourth-order valence-electron chi connectivity index (χ4n) is 5.39. The average Bonchev–Trinajstić information content (AvgIpc) is 3.73. The second kappa shape index (κ2) is 23.6. The van der Waals surface area contributed by atoms with E-state index in [1.165, 1.54) is 4.90 Å². The molecule has 0 radical (unpaired) electrons. The van der Waals surface area contributed by atoms with E-state index >= 15 is 0 Å². The highest BCUT2D eigenvalue weighted by molar-refractivity contribution is 7.13. The van der Waals surface area contributed by atoms with Crippen LogP contribution in [0.4, 0.5) is 0 Å². The molecule has 14 nitrogen and oxygen atoms in total. The smallest absolute Gasteiger partial charge is 0.246 e. The molecule has 1 aliphatic rings. The highest BCUT2D eigenvalue weighted by Crippen LogP contribution is 2.28. The first-order valence-corrected chi connectivity index (χ1v) is 18.9. The Morgan fingerprint density at radius 3 is 1.92 bits per heavy atom. The van der Waals surface area contributed by atoms with E-state index in [9.17, 15) is 19.5 Å². The van der Waals surface area contributed by atoms with Crippen molar-refractivity contribution in [2.45, 2.75) is 72.2 Å². The van der Waals surface area contributed by atoms with Gasteiger partial charge in [0.25, 0.3) is 0 Å². The molecule has 3 atom stereocenters. The number of carbonyl (C=O) groups is 3. The number of aliphatic hydroxyl groups is 1. The Balaban J connectivity index is 1.32. The van der Waals surface area contributed by atoms with E-state index in [0.29, 0.717) is 52.9 Å². The largest absolute Gasteiger partial charge is 0.391 e. The van der Waals surface area contributed by atoms with Gasteiger partial charge in [-0.2, -0.15) is 0 Å². The number of amides is 3. The van der Waals surface area contributed by atoms with Gasteiger partial charge < -0.3 is 49.1 Å². The minimum absolute atomic E-state index is 0.00273. The molecule has 3 N–H and O–H groups in total. The van der Waals surface area contributed by atoms with Crippen LogP contribution in [-0.2, 0) is 49.3 Å². The molecule has 1 saturated heterocycles. The molecule has 15 heteroatoms. The first-order valence-electron chi connectivity index (χ1n) is 18.0. The number of benzene rings is 1. The van der Waals surface area contributed by atoms with E-state index in [1.807, 2.05) is 57.5 Å². The molecule has 2 aromatic rings. The predicted molar refractivity (Wildman–Crippen MR) is 197 cm³/mol. The summed E-state index contributed by atoms with van der Waals surface area (Å²) in [5.41, 5.74) is 4.06. The number of nitrogens with zero attached hydrogens (tertiary/aromatic N) is 2. The number of hydrogen-bond acceptors (Lipinski definition) is 12. The molecular formula is C37H58N4O10S. The lowest BCUT2D eigenvalue weighted by Crippen LogP contribution is -2.58. The van der Waals surface area contributed by atoms with Crippen molar-refractivity contribution in [3.05, 3.63) is 41.0 Å². The zero-order valence-electron chi connectivity index (χ0n) is 31.4. The van der Waals surface area contributed by atoms with Gasteiger partial charge in [0.15, 0.2) is 0 Å². The summed E-state index contributed by atoms with van der Waals surface area (Å²) in [6.45, 7) is 14.6. The minimum Gasteiger partial charge on any atom is -0.391 e. The standard InChI is InChI=1S/C37H58N4O10S/c1-6-11-46-12-13-47-14-15-48-16-17-49-18-19-50-20-21-51-25-32(43)40-34(37(3,4)5)36(45)41-24-30(42)22-31(41)35(44)38-23-28-7-9-29(10-8-28)33-27(2)39-26-52-33/h7-10,26,30-31,34,42H,6,11-25H2,1-5H3,(H,38,44)(H,40,43)/t30-,31+,34-/m1/s1. The number of carbonyl (C=O) groups excluding carboxylic acids is 3. The topological polar surface area (TPSA) is 167 Å². The maximum Gasteiger partial charge on any atom is 0.246 e. The van der Waals surface area contributed by atoms with Crippen LogP contribution in [0.3, 0.4) is 0 Å². The molecule has 0 aliphatic carbocycles. The van der Waals surface area contributed by atoms with Crippen LogP contribution in [0.25, 0.3) is 10.4 Å². The molecule has 1 aromatic carbocycles. The van der Waals surface area contributed by atoms with E-state index in [2.05, 4.69) is 22.5 Å². The Morgan fingerprint density at radius 1 is 0.885 bits per heavy atom. The van der Waals surface area contributed by atoms with Gasteiger partial charge in [0, 0.05) is 26.1 Å². The van der Waals surface area contributed by atoms with Gasteiger partial charge in [-0.15, -0.1) is 11.3 Å². The molecule has 1 aromatic heterocycles. The summed E-state index contributed by atoms with van der Waals surface area (Å²) in [5, 5.41) is 16.2. The molecule has 0 saturated carbocycles. The van der Waals surface area contributed by atoms with Gasteiger partial charge in [0.1, 0.15) is 18.7 Å². The molecule has 292 valence electrons. The quantitative estimate of drug-likeness (QED) is 0.128. The van der Waals surface area contributed by atoms with Gasteiger partial charge in [-0.25, -0.2) is 4.98 Å². The van der Waals surface area contributed by atoms with Gasteiger partial charge >= 0.3 is 0 Å². The highest BCUT2D eigenvalue weighted by Gasteiger charge is 2.44. The summed E-state index contributed by atoms with van der Waals surface area (Å²) in [7, 11) is 0. The molecule has 1 aliphatic heterocycles. The average molecular weight is 751 g/mol. The number of ether oxygens (including phenoxy) is 6. The van der Waals surface area contributed by atoms with Crippen molar-refractivity contribution in [1.29, 1.82) is 0 Å². The lowest BCUT2D eigenvalue weighted by molar-refractivity contribution is -0.144. The second-order valence-corrected chi connectivity index (χ2v) is 14.4. The van der Waals surface area contributed by atoms with E-state index in [1.54, 1.807) is 11.3 Å². The Labute approximate surface area is 311 Å². The molecule has 0 spiro atoms. The fourth-order valence-corrected chi connectivity index (χ4v) is 6.20. The third-order valence-electron chi connectivity index (χ3n) is 8.15. The van der Waals surface area contributed by atoms with Crippen LogP contribution < -0.4 is 10.6 Å². The van der Waals surface area contributed by atoms with Gasteiger partial charge in [0.2, 0.25) is 17.7 Å². The van der Waals surface area contributed by atoms with Crippen molar-refractivity contribution >= 4 is 29.1 Å². The minimum atomic E-state index is -0.943. The second-order valence-electron chi connectivity index (χ2n) is 13.6. The van der Waals surface area contributed by atoms with Gasteiger partial charge in [0.05, 0.1) is 88.3 Å². The van der Waals surface area contributed by atoms with Crippen LogP contribution in [0.1, 0.15) is 51.8 Å². The number of aromatic nitrogens is 1. The van der Waals surface area contributed by atoms with Crippen LogP contribution in [-0.4, -0.2) is 137 Å². The van der Waals surface area contributed by atoms with Crippen molar-refractivity contribution in [1.82, 2.24) is 20.5 Å². The van der Waals surface area contributed by atoms with Crippen molar-refractivity contribution in [3.63, 3.8) is 0 Å². The number of β-amino-alcohol motifs (C(OH)–C–C–N with tert-alkyl or cyclic N) is 1. The number of nitrogens with one attached hydrogen (secondary N) is 2. The van der Waals surface area contributed by atoms with Crippen LogP contribution in [0, 0.1) is 12.3 Å². The fraction of sp³-hybridized carbons (Fsp3) is 0.676. The number of hydrogen-bond donors (Lipinski definition) is 3. The van der Waals surface area contributed by atoms with E-state index < -0.39 is 35.4 Å². The number of rotatable bonds is 25. The van der Waals surface area contributed by atoms with E-state index in [4.69, 9.17) is 28.4 Å². The van der Waals surface area contributed by atoms with Crippen LogP contribution >= 0.6 is 11.3 Å². The number of thiazole rings is 1. The normalized spacial score (nSPS) is 16.6. The molecular weight excluding hydrogens is 692 g/mol. The first kappa shape index (κ1) is 43.4. The number of aryl methyl sites for hydroxylation is 1. The van der Waals surface area contributed by atoms with Crippen molar-refractivity contribution in [2.75, 3.05) is 85.8 Å². The van der Waals surface area contributed by atoms with E-state index in [-0.39, 0.29) is 45.2 Å². The third kappa shape index (κ3) is 15.5. The lowest BCUT2D eigenvalue weighted by Gasteiger charge is -2.35. The van der Waals surface area contributed by atoms with Crippen molar-refractivity contribution < 1.29 is 47.9 Å². The summed E-state index contributed by atoms with van der Waals surface area (Å²) in [6.07, 6.45) is 0.251. The van der Waals surface area contributed by atoms with Gasteiger partial charge in [-0.05, 0) is 29.9 Å². The molecule has 52 heavy (non-hydrogen) atoms. The van der Waals surface area contributed by atoms with Crippen molar-refractivity contribution in [2.24, 2.45) is 5.41 Å². The maximum absolute atomic E-state index is 13.8. The SMILES string of the molecule is CCCOCCOCCOCCOCCOCCOCC(=O)N[C@H](C(=O)N1C[C@H](O)C[C@H]1C(=O)NCc1ccc(-c2scnc2C)cc1)C(C)(C)C. The van der Waals surface area contributed by atoms with Gasteiger partial charge in [-0.1, -0.05) is 52.0 Å². The Hall–Kier alpha value is -3.02. The maximum atomic E-state index is 13.8. The summed E-state index contributed by atoms with van der Waals surface area (Å²) < 4.78 is 32.6. The van der Waals surface area contributed by atoms with Gasteiger partial charge in [-0.3, -0.25) is 14.4 Å². The lowest BCUT2D eigenvalue weighted by atomic mass is 9.85. The number of aliphatic hydroxyl groups excluding tert-OH is 1. The monoisotopic (exact) mass is 750 g/mol. The first-order chi connectivity index (χ1) is 25.0. The van der Waals surface area contributed by atoms with Crippen LogP contribution in [0.2, 0.25) is 0 Å². The molecule has 0 unspecified atom stereocenters. The summed E-state index contributed by atoms with van der Waals surface area (Å²) in [6, 6.07) is 6.06.